The van der Waals surface area contributed by atoms with Gasteiger partial charge in [0.05, 0.1) is 10.6 Å². The number of hydrogen-bond acceptors (Lipinski definition) is 3. The first-order chi connectivity index (χ1) is 10.1. The van der Waals surface area contributed by atoms with Crippen molar-refractivity contribution in [2.24, 2.45) is 5.92 Å². The van der Waals surface area contributed by atoms with Crippen LogP contribution in [0.15, 0.2) is 18.2 Å². The van der Waals surface area contributed by atoms with E-state index in [9.17, 15) is 9.18 Å². The van der Waals surface area contributed by atoms with Crippen molar-refractivity contribution in [3.05, 3.63) is 34.6 Å². The molecule has 1 unspecified atom stereocenters. The fraction of sp³-hybridized carbons (Fsp3) is 0.562. The van der Waals surface area contributed by atoms with Crippen LogP contribution in [0.2, 0.25) is 5.02 Å². The Hall–Kier alpha value is -0.580. The van der Waals surface area contributed by atoms with Crippen LogP contribution >= 0.6 is 23.4 Å². The minimum Gasteiger partial charge on any atom is -0.375 e. The maximum absolute atomic E-state index is 13.2. The highest BCUT2D eigenvalue weighted by atomic mass is 35.5. The second-order valence-electron chi connectivity index (χ2n) is 5.83. The summed E-state index contributed by atoms with van der Waals surface area (Å²) in [7, 11) is 0. The predicted octanol–water partition coefficient (Wildman–Crippen LogP) is 4.35. The lowest BCUT2D eigenvalue weighted by Gasteiger charge is -2.42. The average Bonchev–Trinajstić information content (AvgIpc) is 2.50. The molecule has 2 fully saturated rings. The Labute approximate surface area is 133 Å². The van der Waals surface area contributed by atoms with Crippen molar-refractivity contribution in [1.29, 1.82) is 0 Å². The van der Waals surface area contributed by atoms with Crippen molar-refractivity contribution in [2.45, 2.75) is 31.3 Å². The molecule has 1 atom stereocenters. The number of ketones is 1. The molecular weight excluding hydrogens is 311 g/mol. The Kier molecular flexibility index (Phi) is 4.57. The van der Waals surface area contributed by atoms with E-state index >= 15 is 0 Å². The first-order valence-electron chi connectivity index (χ1n) is 7.31. The molecule has 2 saturated heterocycles. The molecule has 0 aromatic heterocycles. The van der Waals surface area contributed by atoms with Crippen molar-refractivity contribution in [1.82, 2.24) is 0 Å². The van der Waals surface area contributed by atoms with Gasteiger partial charge in [0, 0.05) is 18.1 Å². The molecule has 0 bridgehead atoms. The Bertz CT molecular complexity index is 538. The van der Waals surface area contributed by atoms with Gasteiger partial charge < -0.3 is 4.74 Å². The lowest BCUT2D eigenvalue weighted by molar-refractivity contribution is -0.0959. The maximum atomic E-state index is 13.2. The Morgan fingerprint density at radius 1 is 1.38 bits per heavy atom. The zero-order chi connectivity index (χ0) is 14.9. The van der Waals surface area contributed by atoms with Crippen LogP contribution in [0.25, 0.3) is 0 Å². The summed E-state index contributed by atoms with van der Waals surface area (Å²) in [6, 6.07) is 4.24. The first kappa shape index (κ1) is 15.3. The lowest BCUT2D eigenvalue weighted by Crippen LogP contribution is -2.44. The van der Waals surface area contributed by atoms with Gasteiger partial charge in [-0.1, -0.05) is 11.6 Å². The van der Waals surface area contributed by atoms with Gasteiger partial charge in [-0.05, 0) is 55.4 Å². The smallest absolute Gasteiger partial charge is 0.166 e. The fourth-order valence-corrected chi connectivity index (χ4v) is 4.65. The van der Waals surface area contributed by atoms with Gasteiger partial charge in [-0.2, -0.15) is 11.8 Å². The Morgan fingerprint density at radius 2 is 2.14 bits per heavy atom. The van der Waals surface area contributed by atoms with E-state index < -0.39 is 5.82 Å². The summed E-state index contributed by atoms with van der Waals surface area (Å²) < 4.78 is 19.2. The summed E-state index contributed by atoms with van der Waals surface area (Å²) in [5.41, 5.74) is 0.391. The number of halogens is 2. The predicted molar refractivity (Wildman–Crippen MR) is 83.7 cm³/mol. The fourth-order valence-electron chi connectivity index (χ4n) is 3.23. The molecule has 0 N–H and O–H groups in total. The van der Waals surface area contributed by atoms with Gasteiger partial charge in [-0.25, -0.2) is 4.39 Å². The maximum Gasteiger partial charge on any atom is 0.166 e. The summed E-state index contributed by atoms with van der Waals surface area (Å²) in [5, 5.41) is 0.0108. The molecule has 5 heteroatoms. The molecule has 1 aromatic rings. The molecular formula is C16H18ClFO2S. The molecule has 1 spiro atoms. The summed E-state index contributed by atoms with van der Waals surface area (Å²) in [6.07, 6.45) is 3.56. The quantitative estimate of drug-likeness (QED) is 0.755. The number of benzene rings is 1. The molecule has 3 rings (SSSR count). The second kappa shape index (κ2) is 6.27. The minimum atomic E-state index is -0.485. The van der Waals surface area contributed by atoms with E-state index in [-0.39, 0.29) is 22.3 Å². The van der Waals surface area contributed by atoms with E-state index in [1.807, 2.05) is 11.8 Å². The summed E-state index contributed by atoms with van der Waals surface area (Å²) in [5.74, 6) is 1.74. The molecule has 2 nitrogen and oxygen atoms in total. The largest absolute Gasteiger partial charge is 0.375 e. The van der Waals surface area contributed by atoms with Crippen molar-refractivity contribution in [3.8, 4) is 0 Å². The molecule has 2 aliphatic rings. The molecule has 1 aromatic carbocycles. The molecule has 21 heavy (non-hydrogen) atoms. The number of Topliss-reactive ketones (excluding diaryl/α,β-unsaturated/α-hetero) is 1. The molecule has 114 valence electrons. The van der Waals surface area contributed by atoms with Crippen LogP contribution < -0.4 is 0 Å². The zero-order valence-corrected chi connectivity index (χ0v) is 13.3. The van der Waals surface area contributed by atoms with Crippen LogP contribution in [0.3, 0.4) is 0 Å². The van der Waals surface area contributed by atoms with Gasteiger partial charge in [0.1, 0.15) is 5.82 Å². The summed E-state index contributed by atoms with van der Waals surface area (Å²) in [4.78, 5) is 12.6. The van der Waals surface area contributed by atoms with Crippen LogP contribution in [-0.2, 0) is 4.74 Å². The highest BCUT2D eigenvalue weighted by Gasteiger charge is 2.41. The van der Waals surface area contributed by atoms with Crippen LogP contribution in [0.1, 0.15) is 36.0 Å². The van der Waals surface area contributed by atoms with Crippen LogP contribution in [-0.4, -0.2) is 29.5 Å². The van der Waals surface area contributed by atoms with Gasteiger partial charge >= 0.3 is 0 Å². The third-order valence-electron chi connectivity index (χ3n) is 4.47. The van der Waals surface area contributed by atoms with Crippen molar-refractivity contribution < 1.29 is 13.9 Å². The number of rotatable bonds is 2. The topological polar surface area (TPSA) is 26.3 Å². The molecule has 2 aliphatic heterocycles. The highest BCUT2D eigenvalue weighted by Crippen LogP contribution is 2.40. The average molecular weight is 329 g/mol. The highest BCUT2D eigenvalue weighted by molar-refractivity contribution is 7.99. The van der Waals surface area contributed by atoms with Crippen molar-refractivity contribution >= 4 is 29.1 Å². The second-order valence-corrected chi connectivity index (χ2v) is 7.46. The van der Waals surface area contributed by atoms with Gasteiger partial charge in [0.15, 0.2) is 5.78 Å². The Morgan fingerprint density at radius 3 is 2.86 bits per heavy atom. The molecule has 0 radical (unpaired) electrons. The van der Waals surface area contributed by atoms with E-state index in [4.69, 9.17) is 16.3 Å². The van der Waals surface area contributed by atoms with Gasteiger partial charge in [-0.3, -0.25) is 4.79 Å². The normalized spacial score (nSPS) is 25.0. The molecule has 0 aliphatic carbocycles. The van der Waals surface area contributed by atoms with Crippen molar-refractivity contribution in [2.75, 3.05) is 18.1 Å². The summed E-state index contributed by atoms with van der Waals surface area (Å²) in [6.45, 7) is 0.635. The van der Waals surface area contributed by atoms with Gasteiger partial charge in [0.25, 0.3) is 0 Å². The van der Waals surface area contributed by atoms with Crippen LogP contribution in [0.5, 0.6) is 0 Å². The zero-order valence-electron chi connectivity index (χ0n) is 11.7. The number of carbonyl (C=O) groups is 1. The number of ether oxygens (including phenoxy) is 1. The third-order valence-corrected chi connectivity index (χ3v) is 5.75. The molecule has 2 heterocycles. The Balaban J connectivity index is 1.76. The number of hydrogen-bond donors (Lipinski definition) is 0. The summed E-state index contributed by atoms with van der Waals surface area (Å²) >= 11 is 7.73. The van der Waals surface area contributed by atoms with E-state index in [1.54, 1.807) is 0 Å². The van der Waals surface area contributed by atoms with Gasteiger partial charge in [-0.15, -0.1) is 0 Å². The number of thioether (sulfide) groups is 1. The molecule has 0 saturated carbocycles. The molecule has 0 amide bonds. The van der Waals surface area contributed by atoms with E-state index in [0.29, 0.717) is 12.2 Å². The lowest BCUT2D eigenvalue weighted by atomic mass is 9.79. The van der Waals surface area contributed by atoms with Crippen molar-refractivity contribution in [3.63, 3.8) is 0 Å². The third kappa shape index (κ3) is 3.27. The van der Waals surface area contributed by atoms with E-state index in [2.05, 4.69) is 0 Å². The standard InChI is InChI=1S/C16H18ClFO2S/c17-13-9-11(1-2-14(13)18)15(19)12-3-6-20-16(10-12)4-7-21-8-5-16/h1-2,9,12H,3-8,10H2. The van der Waals surface area contributed by atoms with Crippen LogP contribution in [0, 0.1) is 11.7 Å². The minimum absolute atomic E-state index is 0.0108. The SMILES string of the molecule is O=C(c1ccc(F)c(Cl)c1)C1CCOC2(CCSCC2)C1. The van der Waals surface area contributed by atoms with Crippen LogP contribution in [0.4, 0.5) is 4.39 Å². The van der Waals surface area contributed by atoms with Gasteiger partial charge in [0.2, 0.25) is 0 Å². The monoisotopic (exact) mass is 328 g/mol. The van der Waals surface area contributed by atoms with E-state index in [0.717, 1.165) is 37.2 Å². The first-order valence-corrected chi connectivity index (χ1v) is 8.84. The van der Waals surface area contributed by atoms with E-state index in [1.165, 1.54) is 18.2 Å². The number of carbonyl (C=O) groups excluding carboxylic acids is 1.